The Labute approximate surface area is 113 Å². The lowest BCUT2D eigenvalue weighted by atomic mass is 9.93. The van der Waals surface area contributed by atoms with Crippen LogP contribution < -0.4 is 0 Å². The fourth-order valence-corrected chi connectivity index (χ4v) is 1.99. The number of carboxylic acid groups (broad SMARTS) is 1. The number of aromatic carboxylic acids is 1. The van der Waals surface area contributed by atoms with E-state index in [9.17, 15) is 4.79 Å². The van der Waals surface area contributed by atoms with E-state index in [1.807, 2.05) is 30.3 Å². The second-order valence-corrected chi connectivity index (χ2v) is 4.68. The molecular formula is C17H17O2. The first-order valence-electron chi connectivity index (χ1n) is 6.38. The van der Waals surface area contributed by atoms with Crippen molar-refractivity contribution in [3.05, 3.63) is 77.7 Å². The van der Waals surface area contributed by atoms with Gasteiger partial charge in [-0.05, 0) is 42.0 Å². The molecule has 2 heteroatoms. The molecule has 2 nitrogen and oxygen atoms in total. The molecule has 1 radical (unpaired) electrons. The fourth-order valence-electron chi connectivity index (χ4n) is 1.99. The quantitative estimate of drug-likeness (QED) is 0.869. The van der Waals surface area contributed by atoms with Gasteiger partial charge in [-0.25, -0.2) is 4.79 Å². The minimum atomic E-state index is -0.880. The van der Waals surface area contributed by atoms with Crippen molar-refractivity contribution in [2.45, 2.75) is 19.3 Å². The van der Waals surface area contributed by atoms with Crippen LogP contribution >= 0.6 is 0 Å². The summed E-state index contributed by atoms with van der Waals surface area (Å²) in [5.41, 5.74) is 2.72. The Morgan fingerprint density at radius 3 is 2.32 bits per heavy atom. The molecule has 0 bridgehead atoms. The van der Waals surface area contributed by atoms with Crippen molar-refractivity contribution < 1.29 is 9.90 Å². The number of hydrogen-bond acceptors (Lipinski definition) is 1. The van der Waals surface area contributed by atoms with E-state index in [1.54, 1.807) is 12.1 Å². The van der Waals surface area contributed by atoms with Crippen LogP contribution in [-0.4, -0.2) is 11.1 Å². The van der Waals surface area contributed by atoms with Crippen LogP contribution in [0.25, 0.3) is 0 Å². The van der Waals surface area contributed by atoms with Crippen LogP contribution in [0.5, 0.6) is 0 Å². The summed E-state index contributed by atoms with van der Waals surface area (Å²) in [6.07, 6.45) is 3.15. The fraction of sp³-hybridized carbons (Fsp3) is 0.176. The van der Waals surface area contributed by atoms with Crippen molar-refractivity contribution in [1.29, 1.82) is 0 Å². The van der Waals surface area contributed by atoms with E-state index in [4.69, 9.17) is 5.11 Å². The summed E-state index contributed by atoms with van der Waals surface area (Å²) in [5.74, 6) is -0.502. The third-order valence-corrected chi connectivity index (χ3v) is 3.23. The van der Waals surface area contributed by atoms with Gasteiger partial charge in [0.05, 0.1) is 5.56 Å². The summed E-state index contributed by atoms with van der Waals surface area (Å²) in [7, 11) is 0. The van der Waals surface area contributed by atoms with Crippen molar-refractivity contribution in [2.75, 3.05) is 0 Å². The molecule has 0 aliphatic heterocycles. The maximum Gasteiger partial charge on any atom is 0.335 e. The Morgan fingerprint density at radius 2 is 1.74 bits per heavy atom. The number of rotatable bonds is 5. The minimum absolute atomic E-state index is 0.336. The lowest BCUT2D eigenvalue weighted by molar-refractivity contribution is 0.0697. The van der Waals surface area contributed by atoms with E-state index < -0.39 is 5.97 Å². The van der Waals surface area contributed by atoms with E-state index in [1.165, 1.54) is 5.56 Å². The van der Waals surface area contributed by atoms with Crippen LogP contribution in [-0.2, 0) is 0 Å². The highest BCUT2D eigenvalue weighted by Crippen LogP contribution is 2.22. The van der Waals surface area contributed by atoms with Gasteiger partial charge in [-0.15, -0.1) is 0 Å². The highest BCUT2D eigenvalue weighted by atomic mass is 16.4. The second kappa shape index (κ2) is 6.19. The predicted octanol–water partition coefficient (Wildman–Crippen LogP) is 4.13. The normalized spacial score (nSPS) is 12.1. The van der Waals surface area contributed by atoms with Crippen molar-refractivity contribution in [1.82, 2.24) is 0 Å². The maximum atomic E-state index is 10.8. The summed E-state index contributed by atoms with van der Waals surface area (Å²) >= 11 is 0. The van der Waals surface area contributed by atoms with Crippen molar-refractivity contribution in [3.8, 4) is 0 Å². The third-order valence-electron chi connectivity index (χ3n) is 3.23. The number of carbonyl (C=O) groups is 1. The Bertz CT molecular complexity index is 529. The van der Waals surface area contributed by atoms with Gasteiger partial charge in [0.2, 0.25) is 0 Å². The highest BCUT2D eigenvalue weighted by Gasteiger charge is 2.08. The Morgan fingerprint density at radius 1 is 1.11 bits per heavy atom. The molecule has 0 heterocycles. The molecule has 1 N–H and O–H groups in total. The van der Waals surface area contributed by atoms with Crippen LogP contribution in [0, 0.1) is 6.42 Å². The van der Waals surface area contributed by atoms with E-state index in [0.717, 1.165) is 12.0 Å². The average Bonchev–Trinajstić information content (AvgIpc) is 2.46. The van der Waals surface area contributed by atoms with Crippen LogP contribution in [0.2, 0.25) is 0 Å². The molecule has 2 aromatic carbocycles. The standard InChI is InChI=1S/C17H17O2/c1-13(7-8-14-5-3-2-4-6-14)15-9-11-16(12-10-15)17(18)19/h2-6,8-13H,7H2,1H3,(H,18,19). The molecule has 0 spiro atoms. The van der Waals surface area contributed by atoms with Gasteiger partial charge in [-0.1, -0.05) is 49.4 Å². The molecule has 0 aliphatic rings. The molecule has 0 saturated carbocycles. The summed E-state index contributed by atoms with van der Waals surface area (Å²) in [5, 5.41) is 8.86. The molecule has 2 rings (SSSR count). The van der Waals surface area contributed by atoms with Crippen molar-refractivity contribution >= 4 is 5.97 Å². The minimum Gasteiger partial charge on any atom is -0.478 e. The molecule has 19 heavy (non-hydrogen) atoms. The molecule has 0 aliphatic carbocycles. The molecule has 1 atom stereocenters. The molecule has 0 saturated heterocycles. The van der Waals surface area contributed by atoms with E-state index in [0.29, 0.717) is 11.5 Å². The molecule has 0 fully saturated rings. The first-order valence-corrected chi connectivity index (χ1v) is 6.38. The van der Waals surface area contributed by atoms with Gasteiger partial charge < -0.3 is 5.11 Å². The number of benzene rings is 2. The lowest BCUT2D eigenvalue weighted by Crippen LogP contribution is -1.99. The van der Waals surface area contributed by atoms with Gasteiger partial charge in [0.1, 0.15) is 0 Å². The topological polar surface area (TPSA) is 37.3 Å². The molecule has 97 valence electrons. The van der Waals surface area contributed by atoms with Crippen LogP contribution in [0.1, 0.15) is 40.7 Å². The van der Waals surface area contributed by atoms with Crippen LogP contribution in [0.4, 0.5) is 0 Å². The Balaban J connectivity index is 1.96. The molecule has 0 amide bonds. The highest BCUT2D eigenvalue weighted by molar-refractivity contribution is 5.87. The van der Waals surface area contributed by atoms with Crippen molar-refractivity contribution in [2.24, 2.45) is 0 Å². The summed E-state index contributed by atoms with van der Waals surface area (Å²) in [6.45, 7) is 2.15. The monoisotopic (exact) mass is 253 g/mol. The van der Waals surface area contributed by atoms with Gasteiger partial charge in [-0.2, -0.15) is 0 Å². The lowest BCUT2D eigenvalue weighted by Gasteiger charge is -2.11. The zero-order valence-corrected chi connectivity index (χ0v) is 10.9. The number of carboxylic acids is 1. The average molecular weight is 253 g/mol. The van der Waals surface area contributed by atoms with E-state index >= 15 is 0 Å². The van der Waals surface area contributed by atoms with Gasteiger partial charge in [0.25, 0.3) is 0 Å². The zero-order valence-electron chi connectivity index (χ0n) is 10.9. The first-order chi connectivity index (χ1) is 9.16. The molecular weight excluding hydrogens is 236 g/mol. The largest absolute Gasteiger partial charge is 0.478 e. The molecule has 1 unspecified atom stereocenters. The summed E-state index contributed by atoms with van der Waals surface area (Å²) < 4.78 is 0. The van der Waals surface area contributed by atoms with Gasteiger partial charge >= 0.3 is 5.97 Å². The van der Waals surface area contributed by atoms with Gasteiger partial charge in [0, 0.05) is 0 Å². The SMILES string of the molecule is CC(C[CH]c1ccccc1)c1ccc(C(=O)O)cc1. The van der Waals surface area contributed by atoms with Crippen molar-refractivity contribution in [3.63, 3.8) is 0 Å². The Kier molecular flexibility index (Phi) is 4.35. The Hall–Kier alpha value is -2.09. The summed E-state index contributed by atoms with van der Waals surface area (Å²) in [4.78, 5) is 10.8. The second-order valence-electron chi connectivity index (χ2n) is 4.68. The van der Waals surface area contributed by atoms with Crippen LogP contribution in [0.3, 0.4) is 0 Å². The summed E-state index contributed by atoms with van der Waals surface area (Å²) in [6, 6.07) is 17.3. The van der Waals surface area contributed by atoms with Gasteiger partial charge in [-0.3, -0.25) is 0 Å². The molecule has 0 aromatic heterocycles. The van der Waals surface area contributed by atoms with Crippen LogP contribution in [0.15, 0.2) is 54.6 Å². The smallest absolute Gasteiger partial charge is 0.335 e. The zero-order chi connectivity index (χ0) is 13.7. The molecule has 2 aromatic rings. The van der Waals surface area contributed by atoms with Gasteiger partial charge in [0.15, 0.2) is 0 Å². The van der Waals surface area contributed by atoms with E-state index in [-0.39, 0.29) is 0 Å². The first kappa shape index (κ1) is 13.3. The maximum absolute atomic E-state index is 10.8. The predicted molar refractivity (Wildman–Crippen MR) is 76.3 cm³/mol. The number of hydrogen-bond donors (Lipinski definition) is 1. The van der Waals surface area contributed by atoms with E-state index in [2.05, 4.69) is 25.5 Å². The third kappa shape index (κ3) is 3.68.